The number of rotatable bonds is 3. The SMILES string of the molecule is NC(=O)C(=O)N/N=C/c1ccc(Cl)c([N+](=O)[O-])c1. The fraction of sp³-hybridized carbons (Fsp3) is 0. The molecule has 0 saturated carbocycles. The van der Waals surface area contributed by atoms with E-state index in [2.05, 4.69) is 10.8 Å². The van der Waals surface area contributed by atoms with Crippen molar-refractivity contribution in [1.82, 2.24) is 5.43 Å². The second-order valence-electron chi connectivity index (χ2n) is 3.03. The molecule has 94 valence electrons. The maximum absolute atomic E-state index is 10.7. The molecule has 1 aromatic carbocycles. The van der Waals surface area contributed by atoms with Crippen molar-refractivity contribution < 1.29 is 14.5 Å². The molecule has 0 aliphatic carbocycles. The number of nitrogens with one attached hydrogen (secondary N) is 1. The summed E-state index contributed by atoms with van der Waals surface area (Å²) in [6.45, 7) is 0. The van der Waals surface area contributed by atoms with Crippen molar-refractivity contribution in [2.75, 3.05) is 0 Å². The molecule has 1 aromatic rings. The molecule has 2 amide bonds. The van der Waals surface area contributed by atoms with Gasteiger partial charge in [-0.3, -0.25) is 19.7 Å². The summed E-state index contributed by atoms with van der Waals surface area (Å²) in [6.07, 6.45) is 1.12. The van der Waals surface area contributed by atoms with Gasteiger partial charge in [-0.2, -0.15) is 5.10 Å². The van der Waals surface area contributed by atoms with Crippen molar-refractivity contribution in [1.29, 1.82) is 0 Å². The molecule has 0 unspecified atom stereocenters. The monoisotopic (exact) mass is 270 g/mol. The number of nitrogens with two attached hydrogens (primary N) is 1. The highest BCUT2D eigenvalue weighted by atomic mass is 35.5. The third kappa shape index (κ3) is 3.52. The van der Waals surface area contributed by atoms with Crippen LogP contribution in [0.25, 0.3) is 0 Å². The number of primary amides is 1. The number of amides is 2. The predicted molar refractivity (Wildman–Crippen MR) is 63.0 cm³/mol. The number of nitro groups is 1. The van der Waals surface area contributed by atoms with Crippen LogP contribution in [-0.4, -0.2) is 23.0 Å². The van der Waals surface area contributed by atoms with E-state index in [1.54, 1.807) is 0 Å². The topological polar surface area (TPSA) is 128 Å². The Balaban J connectivity index is 2.83. The van der Waals surface area contributed by atoms with Gasteiger partial charge in [0.2, 0.25) is 0 Å². The van der Waals surface area contributed by atoms with E-state index in [0.717, 1.165) is 6.21 Å². The Bertz CT molecular complexity index is 543. The van der Waals surface area contributed by atoms with Crippen LogP contribution in [0.5, 0.6) is 0 Å². The molecule has 1 rings (SSSR count). The average molecular weight is 271 g/mol. The summed E-state index contributed by atoms with van der Waals surface area (Å²) in [5.74, 6) is -2.27. The van der Waals surface area contributed by atoms with Gasteiger partial charge < -0.3 is 5.73 Å². The number of halogens is 1. The zero-order valence-corrected chi connectivity index (χ0v) is 9.55. The smallest absolute Gasteiger partial charge is 0.329 e. The number of carbonyl (C=O) groups excluding carboxylic acids is 2. The zero-order chi connectivity index (χ0) is 13.7. The van der Waals surface area contributed by atoms with Crippen molar-refractivity contribution in [3.8, 4) is 0 Å². The van der Waals surface area contributed by atoms with Crippen LogP contribution < -0.4 is 11.2 Å². The Morgan fingerprint density at radius 3 is 2.72 bits per heavy atom. The molecule has 0 fully saturated rings. The van der Waals surface area contributed by atoms with E-state index >= 15 is 0 Å². The second-order valence-corrected chi connectivity index (χ2v) is 3.44. The summed E-state index contributed by atoms with van der Waals surface area (Å²) >= 11 is 5.60. The fourth-order valence-electron chi connectivity index (χ4n) is 0.970. The summed E-state index contributed by atoms with van der Waals surface area (Å²) < 4.78 is 0. The van der Waals surface area contributed by atoms with E-state index in [1.165, 1.54) is 18.2 Å². The van der Waals surface area contributed by atoms with E-state index in [0.29, 0.717) is 5.56 Å². The van der Waals surface area contributed by atoms with E-state index < -0.39 is 16.7 Å². The van der Waals surface area contributed by atoms with Gasteiger partial charge in [-0.15, -0.1) is 0 Å². The summed E-state index contributed by atoms with van der Waals surface area (Å²) in [5.41, 5.74) is 6.55. The fourth-order valence-corrected chi connectivity index (χ4v) is 1.16. The first-order valence-corrected chi connectivity index (χ1v) is 4.86. The van der Waals surface area contributed by atoms with Crippen molar-refractivity contribution in [3.05, 3.63) is 38.9 Å². The Kier molecular flexibility index (Phi) is 4.33. The maximum atomic E-state index is 10.7. The number of carbonyl (C=O) groups is 2. The molecule has 18 heavy (non-hydrogen) atoms. The molecule has 0 spiro atoms. The minimum Gasteiger partial charge on any atom is -0.361 e. The summed E-state index contributed by atoms with van der Waals surface area (Å²) in [6, 6.07) is 3.94. The lowest BCUT2D eigenvalue weighted by atomic mass is 10.2. The summed E-state index contributed by atoms with van der Waals surface area (Å²) in [5, 5.41) is 14.0. The summed E-state index contributed by atoms with van der Waals surface area (Å²) in [7, 11) is 0. The number of nitro benzene ring substituents is 1. The molecule has 9 heteroatoms. The summed E-state index contributed by atoms with van der Waals surface area (Å²) in [4.78, 5) is 31.0. The number of hydrazone groups is 1. The Labute approximate surface area is 106 Å². The van der Waals surface area contributed by atoms with Crippen LogP contribution in [0.1, 0.15) is 5.56 Å². The molecule has 0 heterocycles. The lowest BCUT2D eigenvalue weighted by Crippen LogP contribution is -2.32. The standard InChI is InChI=1S/C9H7ClN4O4/c10-6-2-1-5(3-7(6)14(17)18)4-12-13-9(16)8(11)15/h1-4H,(H2,11,15)(H,13,16)/b12-4+. The minimum absolute atomic E-state index is 0.0154. The van der Waals surface area contributed by atoms with E-state index in [9.17, 15) is 19.7 Å². The Morgan fingerprint density at radius 2 is 2.17 bits per heavy atom. The third-order valence-electron chi connectivity index (χ3n) is 1.77. The quantitative estimate of drug-likeness (QED) is 0.351. The second kappa shape index (κ2) is 5.73. The van der Waals surface area contributed by atoms with E-state index in [-0.39, 0.29) is 10.7 Å². The largest absolute Gasteiger partial charge is 0.361 e. The lowest BCUT2D eigenvalue weighted by molar-refractivity contribution is -0.384. The minimum atomic E-state index is -1.19. The molecule has 0 saturated heterocycles. The number of nitrogens with zero attached hydrogens (tertiary/aromatic N) is 2. The van der Waals surface area contributed by atoms with Crippen LogP contribution in [0.3, 0.4) is 0 Å². The van der Waals surface area contributed by atoms with Crippen molar-refractivity contribution >= 4 is 35.3 Å². The van der Waals surface area contributed by atoms with Gasteiger partial charge in [-0.25, -0.2) is 5.43 Å². The third-order valence-corrected chi connectivity index (χ3v) is 2.09. The molecule has 0 aromatic heterocycles. The number of hydrogen-bond donors (Lipinski definition) is 2. The number of benzene rings is 1. The van der Waals surface area contributed by atoms with Gasteiger partial charge in [-0.05, 0) is 6.07 Å². The molecule has 0 radical (unpaired) electrons. The van der Waals surface area contributed by atoms with Crippen LogP contribution in [-0.2, 0) is 9.59 Å². The molecule has 3 N–H and O–H groups in total. The van der Waals surface area contributed by atoms with Crippen LogP contribution in [0.4, 0.5) is 5.69 Å². The molecule has 0 atom stereocenters. The van der Waals surface area contributed by atoms with Crippen LogP contribution >= 0.6 is 11.6 Å². The molecular weight excluding hydrogens is 264 g/mol. The van der Waals surface area contributed by atoms with Gasteiger partial charge in [-0.1, -0.05) is 17.7 Å². The van der Waals surface area contributed by atoms with E-state index in [4.69, 9.17) is 11.6 Å². The average Bonchev–Trinajstić information content (AvgIpc) is 2.30. The van der Waals surface area contributed by atoms with Crippen LogP contribution in [0.2, 0.25) is 5.02 Å². The van der Waals surface area contributed by atoms with Crippen LogP contribution in [0.15, 0.2) is 23.3 Å². The Hall–Kier alpha value is -2.48. The first kappa shape index (κ1) is 13.6. The van der Waals surface area contributed by atoms with Gasteiger partial charge in [0.25, 0.3) is 5.69 Å². The van der Waals surface area contributed by atoms with Crippen molar-refractivity contribution in [3.63, 3.8) is 0 Å². The molecule has 0 aliphatic rings. The van der Waals surface area contributed by atoms with Gasteiger partial charge in [0.1, 0.15) is 5.02 Å². The molecular formula is C9H7ClN4O4. The first-order valence-electron chi connectivity index (χ1n) is 4.48. The lowest BCUT2D eigenvalue weighted by Gasteiger charge is -1.97. The van der Waals surface area contributed by atoms with Crippen molar-refractivity contribution in [2.45, 2.75) is 0 Å². The highest BCUT2D eigenvalue weighted by molar-refractivity contribution is 6.34. The maximum Gasteiger partial charge on any atom is 0.329 e. The first-order chi connectivity index (χ1) is 8.41. The highest BCUT2D eigenvalue weighted by Crippen LogP contribution is 2.24. The van der Waals surface area contributed by atoms with Crippen LogP contribution in [0, 0.1) is 10.1 Å². The molecule has 0 aliphatic heterocycles. The Morgan fingerprint density at radius 1 is 1.50 bits per heavy atom. The zero-order valence-electron chi connectivity index (χ0n) is 8.79. The predicted octanol–water partition coefficient (Wildman–Crippen LogP) is 0.184. The molecule has 8 nitrogen and oxygen atoms in total. The van der Waals surface area contributed by atoms with Gasteiger partial charge >= 0.3 is 11.8 Å². The van der Waals surface area contributed by atoms with Gasteiger partial charge in [0.05, 0.1) is 11.1 Å². The number of hydrogen-bond acceptors (Lipinski definition) is 5. The van der Waals surface area contributed by atoms with E-state index in [1.807, 2.05) is 5.43 Å². The van der Waals surface area contributed by atoms with Crippen molar-refractivity contribution in [2.24, 2.45) is 10.8 Å². The van der Waals surface area contributed by atoms with Gasteiger partial charge in [0, 0.05) is 11.6 Å². The molecule has 0 bridgehead atoms. The van der Waals surface area contributed by atoms with Gasteiger partial charge in [0.15, 0.2) is 0 Å². The highest BCUT2D eigenvalue weighted by Gasteiger charge is 2.12. The normalized spacial score (nSPS) is 10.3.